The summed E-state index contributed by atoms with van der Waals surface area (Å²) in [6, 6.07) is 4.72. The lowest BCUT2D eigenvalue weighted by Crippen LogP contribution is -2.36. The average molecular weight is 250 g/mol. The van der Waals surface area contributed by atoms with Gasteiger partial charge in [0.25, 0.3) is 0 Å². The largest absolute Gasteiger partial charge is 0.307 e. The van der Waals surface area contributed by atoms with Crippen LogP contribution in [0.15, 0.2) is 18.3 Å². The molecule has 1 unspecified atom stereocenters. The smallest absolute Gasteiger partial charge is 0.0605 e. The fourth-order valence-electron chi connectivity index (χ4n) is 2.25. The summed E-state index contributed by atoms with van der Waals surface area (Å²) in [5.41, 5.74) is 2.70. The van der Waals surface area contributed by atoms with Gasteiger partial charge in [0.05, 0.1) is 5.69 Å². The zero-order valence-electron chi connectivity index (χ0n) is 11.0. The molecule has 2 nitrogen and oxygen atoms in total. The van der Waals surface area contributed by atoms with Gasteiger partial charge in [0.2, 0.25) is 0 Å². The van der Waals surface area contributed by atoms with E-state index in [0.717, 1.165) is 6.54 Å². The van der Waals surface area contributed by atoms with Gasteiger partial charge in [-0.25, -0.2) is 0 Å². The van der Waals surface area contributed by atoms with Crippen molar-refractivity contribution in [3.8, 4) is 0 Å². The highest BCUT2D eigenvalue weighted by atomic mass is 32.2. The number of pyridine rings is 1. The van der Waals surface area contributed by atoms with Gasteiger partial charge < -0.3 is 5.32 Å². The van der Waals surface area contributed by atoms with Crippen LogP contribution in [0.5, 0.6) is 0 Å². The van der Waals surface area contributed by atoms with Crippen molar-refractivity contribution in [3.63, 3.8) is 0 Å². The average Bonchev–Trinajstić information content (AvgIpc) is 2.36. The number of hydrogen-bond acceptors (Lipinski definition) is 3. The van der Waals surface area contributed by atoms with Gasteiger partial charge in [0.1, 0.15) is 0 Å². The topological polar surface area (TPSA) is 24.9 Å². The molecule has 94 valence electrons. The van der Waals surface area contributed by atoms with Gasteiger partial charge in [-0.15, -0.1) is 0 Å². The van der Waals surface area contributed by atoms with Gasteiger partial charge in [0.15, 0.2) is 0 Å². The molecule has 2 rings (SSSR count). The molecule has 3 heteroatoms. The van der Waals surface area contributed by atoms with Crippen molar-refractivity contribution >= 4 is 11.8 Å². The standard InChI is InChI=1S/C14H22N2S/c1-14(2,17-3)10-16-12-8-4-6-11-7-5-9-15-13(11)12/h5,7,9,12,16H,4,6,8,10H2,1-3H3. The summed E-state index contributed by atoms with van der Waals surface area (Å²) in [7, 11) is 0. The Balaban J connectivity index is 2.04. The van der Waals surface area contributed by atoms with E-state index in [4.69, 9.17) is 0 Å². The Morgan fingerprint density at radius 1 is 1.53 bits per heavy atom. The molecule has 0 saturated heterocycles. The molecule has 17 heavy (non-hydrogen) atoms. The molecule has 0 spiro atoms. The molecule has 0 fully saturated rings. The predicted octanol–water partition coefficient (Wildman–Crippen LogP) is 3.19. The van der Waals surface area contributed by atoms with Crippen molar-refractivity contribution in [2.45, 2.75) is 43.9 Å². The van der Waals surface area contributed by atoms with Crippen molar-refractivity contribution in [2.75, 3.05) is 12.8 Å². The first-order chi connectivity index (χ1) is 8.12. The van der Waals surface area contributed by atoms with Crippen molar-refractivity contribution in [1.82, 2.24) is 10.3 Å². The third-order valence-electron chi connectivity index (χ3n) is 3.52. The minimum atomic E-state index is 0.298. The minimum absolute atomic E-state index is 0.298. The van der Waals surface area contributed by atoms with Crippen LogP contribution in [0.25, 0.3) is 0 Å². The number of fused-ring (bicyclic) bond motifs is 1. The van der Waals surface area contributed by atoms with Gasteiger partial charge >= 0.3 is 0 Å². The number of nitrogens with one attached hydrogen (secondary N) is 1. The van der Waals surface area contributed by atoms with E-state index >= 15 is 0 Å². The first-order valence-electron chi connectivity index (χ1n) is 6.35. The summed E-state index contributed by atoms with van der Waals surface area (Å²) in [5, 5.41) is 3.69. The van der Waals surface area contributed by atoms with Gasteiger partial charge in [-0.2, -0.15) is 11.8 Å². The summed E-state index contributed by atoms with van der Waals surface area (Å²) in [4.78, 5) is 4.56. The van der Waals surface area contributed by atoms with E-state index < -0.39 is 0 Å². The van der Waals surface area contributed by atoms with E-state index in [0.29, 0.717) is 10.8 Å². The van der Waals surface area contributed by atoms with Crippen molar-refractivity contribution in [1.29, 1.82) is 0 Å². The fourth-order valence-corrected chi connectivity index (χ4v) is 2.48. The number of nitrogens with zero attached hydrogens (tertiary/aromatic N) is 1. The monoisotopic (exact) mass is 250 g/mol. The summed E-state index contributed by atoms with van der Waals surface area (Å²) in [6.45, 7) is 5.61. The maximum absolute atomic E-state index is 4.56. The van der Waals surface area contributed by atoms with Crippen LogP contribution < -0.4 is 5.32 Å². The summed E-state index contributed by atoms with van der Waals surface area (Å²) < 4.78 is 0.298. The quantitative estimate of drug-likeness (QED) is 0.888. The highest BCUT2D eigenvalue weighted by Gasteiger charge is 2.23. The number of aryl methyl sites for hydroxylation is 1. The van der Waals surface area contributed by atoms with E-state index in [-0.39, 0.29) is 0 Å². The molecule has 1 aromatic heterocycles. The SMILES string of the molecule is CSC(C)(C)CNC1CCCc2cccnc21. The third-order valence-corrected chi connectivity index (χ3v) is 4.77. The lowest BCUT2D eigenvalue weighted by Gasteiger charge is -2.29. The maximum Gasteiger partial charge on any atom is 0.0605 e. The Morgan fingerprint density at radius 2 is 2.35 bits per heavy atom. The molecule has 0 aromatic carbocycles. The molecular formula is C14H22N2S. The Kier molecular flexibility index (Phi) is 4.10. The van der Waals surface area contributed by atoms with E-state index in [2.05, 4.69) is 36.5 Å². The Morgan fingerprint density at radius 3 is 3.12 bits per heavy atom. The molecular weight excluding hydrogens is 228 g/mol. The fraction of sp³-hybridized carbons (Fsp3) is 0.643. The highest BCUT2D eigenvalue weighted by molar-refractivity contribution is 7.99. The molecule has 0 amide bonds. The Bertz CT molecular complexity index is 376. The lowest BCUT2D eigenvalue weighted by atomic mass is 9.91. The van der Waals surface area contributed by atoms with Gasteiger partial charge in [-0.1, -0.05) is 6.07 Å². The Hall–Kier alpha value is -0.540. The zero-order chi connectivity index (χ0) is 12.3. The molecule has 1 atom stereocenters. The van der Waals surface area contributed by atoms with E-state index in [1.807, 2.05) is 24.0 Å². The van der Waals surface area contributed by atoms with Crippen molar-refractivity contribution in [3.05, 3.63) is 29.6 Å². The lowest BCUT2D eigenvalue weighted by molar-refractivity contribution is 0.430. The first kappa shape index (κ1) is 12.9. The zero-order valence-corrected chi connectivity index (χ0v) is 11.8. The maximum atomic E-state index is 4.56. The van der Waals surface area contributed by atoms with E-state index in [9.17, 15) is 0 Å². The van der Waals surface area contributed by atoms with Crippen LogP contribution in [-0.4, -0.2) is 22.5 Å². The third kappa shape index (κ3) is 3.23. The first-order valence-corrected chi connectivity index (χ1v) is 7.57. The number of rotatable bonds is 4. The van der Waals surface area contributed by atoms with E-state index in [1.165, 1.54) is 30.5 Å². The normalized spacial score (nSPS) is 20.1. The molecule has 0 aliphatic heterocycles. The van der Waals surface area contributed by atoms with Crippen LogP contribution in [0.4, 0.5) is 0 Å². The molecule has 0 radical (unpaired) electrons. The van der Waals surface area contributed by atoms with E-state index in [1.54, 1.807) is 0 Å². The van der Waals surface area contributed by atoms with Crippen LogP contribution in [0.3, 0.4) is 0 Å². The molecule has 0 saturated carbocycles. The van der Waals surface area contributed by atoms with Gasteiger partial charge in [-0.05, 0) is 51.0 Å². The second kappa shape index (κ2) is 5.40. The molecule has 1 aliphatic carbocycles. The van der Waals surface area contributed by atoms with Crippen LogP contribution in [0, 0.1) is 0 Å². The molecule has 1 N–H and O–H groups in total. The van der Waals surface area contributed by atoms with Gasteiger partial charge in [0, 0.05) is 23.5 Å². The summed E-state index contributed by atoms with van der Waals surface area (Å²) in [5.74, 6) is 0. The Labute approximate surface area is 109 Å². The molecule has 1 aromatic rings. The minimum Gasteiger partial charge on any atom is -0.307 e. The number of hydrogen-bond donors (Lipinski definition) is 1. The second-order valence-electron chi connectivity index (χ2n) is 5.34. The highest BCUT2D eigenvalue weighted by Crippen LogP contribution is 2.29. The van der Waals surface area contributed by atoms with Crippen LogP contribution in [-0.2, 0) is 6.42 Å². The summed E-state index contributed by atoms with van der Waals surface area (Å²) >= 11 is 1.91. The van der Waals surface area contributed by atoms with Crippen LogP contribution >= 0.6 is 11.8 Å². The van der Waals surface area contributed by atoms with Crippen molar-refractivity contribution < 1.29 is 0 Å². The molecule has 1 aliphatic rings. The molecule has 1 heterocycles. The van der Waals surface area contributed by atoms with Gasteiger partial charge in [-0.3, -0.25) is 4.98 Å². The number of thioether (sulfide) groups is 1. The van der Waals surface area contributed by atoms with Crippen LogP contribution in [0.1, 0.15) is 44.0 Å². The summed E-state index contributed by atoms with van der Waals surface area (Å²) in [6.07, 6.45) is 7.77. The van der Waals surface area contributed by atoms with Crippen molar-refractivity contribution in [2.24, 2.45) is 0 Å². The van der Waals surface area contributed by atoms with Crippen LogP contribution in [0.2, 0.25) is 0 Å². The number of aromatic nitrogens is 1. The predicted molar refractivity (Wildman–Crippen MR) is 75.5 cm³/mol. The molecule has 0 bridgehead atoms. The second-order valence-corrected chi connectivity index (χ2v) is 6.85.